The lowest BCUT2D eigenvalue weighted by atomic mass is 10.1. The standard InChI is InChI=1S/C12H15FN2S/c1-7-5-10-9(6-8(7)13)14-11(16)15(10)12(2,3)4/h5-6H,1-4H3,(H,14,16). The zero-order valence-corrected chi connectivity index (χ0v) is 10.7. The second kappa shape index (κ2) is 3.42. The van der Waals surface area contributed by atoms with Crippen molar-refractivity contribution in [3.63, 3.8) is 0 Å². The Morgan fingerprint density at radius 2 is 1.94 bits per heavy atom. The highest BCUT2D eigenvalue weighted by molar-refractivity contribution is 7.71. The number of hydrogen-bond donors (Lipinski definition) is 1. The number of aromatic nitrogens is 2. The van der Waals surface area contributed by atoms with Crippen LogP contribution in [0.1, 0.15) is 26.3 Å². The molecule has 0 radical (unpaired) electrons. The number of hydrogen-bond acceptors (Lipinski definition) is 1. The summed E-state index contributed by atoms with van der Waals surface area (Å²) in [5.41, 5.74) is 2.23. The predicted octanol–water partition coefficient (Wildman–Crippen LogP) is 3.90. The fraction of sp³-hybridized carbons (Fsp3) is 0.417. The summed E-state index contributed by atoms with van der Waals surface area (Å²) in [5, 5.41) is 0. The van der Waals surface area contributed by atoms with Gasteiger partial charge in [0.15, 0.2) is 4.77 Å². The van der Waals surface area contributed by atoms with Gasteiger partial charge in [-0.05, 0) is 57.6 Å². The molecule has 2 nitrogen and oxygen atoms in total. The lowest BCUT2D eigenvalue weighted by Gasteiger charge is -2.22. The van der Waals surface area contributed by atoms with Gasteiger partial charge in [-0.1, -0.05) is 0 Å². The number of nitrogens with zero attached hydrogens (tertiary/aromatic N) is 1. The van der Waals surface area contributed by atoms with E-state index in [1.807, 2.05) is 10.6 Å². The van der Waals surface area contributed by atoms with E-state index in [0.717, 1.165) is 11.0 Å². The number of benzene rings is 1. The molecule has 2 rings (SSSR count). The predicted molar refractivity (Wildman–Crippen MR) is 66.8 cm³/mol. The van der Waals surface area contributed by atoms with Gasteiger partial charge in [0.25, 0.3) is 0 Å². The van der Waals surface area contributed by atoms with E-state index in [-0.39, 0.29) is 11.4 Å². The van der Waals surface area contributed by atoms with Gasteiger partial charge in [-0.15, -0.1) is 0 Å². The first-order valence-electron chi connectivity index (χ1n) is 5.22. The molecular weight excluding hydrogens is 223 g/mol. The Kier molecular flexibility index (Phi) is 2.42. The Morgan fingerprint density at radius 1 is 1.31 bits per heavy atom. The third kappa shape index (κ3) is 1.67. The van der Waals surface area contributed by atoms with Crippen LogP contribution in [0.25, 0.3) is 11.0 Å². The van der Waals surface area contributed by atoms with Crippen LogP contribution < -0.4 is 0 Å². The van der Waals surface area contributed by atoms with Crippen LogP contribution >= 0.6 is 12.2 Å². The van der Waals surface area contributed by atoms with Crippen molar-refractivity contribution in [1.82, 2.24) is 9.55 Å². The summed E-state index contributed by atoms with van der Waals surface area (Å²) in [6.07, 6.45) is 0. The minimum atomic E-state index is -0.204. The van der Waals surface area contributed by atoms with Crippen molar-refractivity contribution < 1.29 is 4.39 Å². The smallest absolute Gasteiger partial charge is 0.178 e. The lowest BCUT2D eigenvalue weighted by molar-refractivity contribution is 0.404. The van der Waals surface area contributed by atoms with E-state index in [1.54, 1.807) is 6.92 Å². The summed E-state index contributed by atoms with van der Waals surface area (Å²) in [6, 6.07) is 3.34. The number of aryl methyl sites for hydroxylation is 1. The van der Waals surface area contributed by atoms with Crippen LogP contribution in [0.15, 0.2) is 12.1 Å². The van der Waals surface area contributed by atoms with E-state index in [1.165, 1.54) is 6.07 Å². The number of fused-ring (bicyclic) bond motifs is 1. The van der Waals surface area contributed by atoms with Gasteiger partial charge in [-0.2, -0.15) is 0 Å². The van der Waals surface area contributed by atoms with Crippen LogP contribution in [0.4, 0.5) is 4.39 Å². The van der Waals surface area contributed by atoms with E-state index < -0.39 is 0 Å². The number of H-pyrrole nitrogens is 1. The molecule has 0 saturated heterocycles. The van der Waals surface area contributed by atoms with Crippen molar-refractivity contribution in [2.45, 2.75) is 33.2 Å². The van der Waals surface area contributed by atoms with Crippen molar-refractivity contribution in [2.24, 2.45) is 0 Å². The van der Waals surface area contributed by atoms with E-state index in [0.29, 0.717) is 10.3 Å². The molecule has 0 amide bonds. The van der Waals surface area contributed by atoms with E-state index in [9.17, 15) is 4.39 Å². The Labute approximate surface area is 99.1 Å². The maximum absolute atomic E-state index is 13.4. The van der Waals surface area contributed by atoms with Crippen LogP contribution in [0, 0.1) is 17.5 Å². The summed E-state index contributed by atoms with van der Waals surface area (Å²) in [7, 11) is 0. The monoisotopic (exact) mass is 238 g/mol. The number of imidazole rings is 1. The van der Waals surface area contributed by atoms with E-state index in [4.69, 9.17) is 12.2 Å². The quantitative estimate of drug-likeness (QED) is 0.690. The molecule has 1 aromatic heterocycles. The molecule has 0 spiro atoms. The summed E-state index contributed by atoms with van der Waals surface area (Å²) in [6.45, 7) is 8.00. The molecule has 0 saturated carbocycles. The van der Waals surface area contributed by atoms with Crippen LogP contribution in [-0.4, -0.2) is 9.55 Å². The van der Waals surface area contributed by atoms with Gasteiger partial charge in [-0.25, -0.2) is 4.39 Å². The largest absolute Gasteiger partial charge is 0.330 e. The zero-order valence-electron chi connectivity index (χ0n) is 9.89. The minimum absolute atomic E-state index is 0.112. The average molecular weight is 238 g/mol. The fourth-order valence-electron chi connectivity index (χ4n) is 1.90. The van der Waals surface area contributed by atoms with Gasteiger partial charge in [0.1, 0.15) is 5.82 Å². The third-order valence-corrected chi connectivity index (χ3v) is 2.92. The highest BCUT2D eigenvalue weighted by Crippen LogP contribution is 2.25. The van der Waals surface area contributed by atoms with Crippen molar-refractivity contribution >= 4 is 23.3 Å². The van der Waals surface area contributed by atoms with Crippen LogP contribution in [-0.2, 0) is 5.54 Å². The molecule has 2 aromatic rings. The highest BCUT2D eigenvalue weighted by atomic mass is 32.1. The van der Waals surface area contributed by atoms with Crippen LogP contribution in [0.5, 0.6) is 0 Å². The Balaban J connectivity index is 2.90. The zero-order chi connectivity index (χ0) is 12.1. The average Bonchev–Trinajstić information content (AvgIpc) is 2.40. The summed E-state index contributed by atoms with van der Waals surface area (Å²) in [5.74, 6) is -0.204. The minimum Gasteiger partial charge on any atom is -0.330 e. The molecule has 1 heterocycles. The molecule has 0 aliphatic carbocycles. The number of rotatable bonds is 0. The van der Waals surface area contributed by atoms with Gasteiger partial charge in [0.2, 0.25) is 0 Å². The van der Waals surface area contributed by atoms with Crippen molar-refractivity contribution in [2.75, 3.05) is 0 Å². The summed E-state index contributed by atoms with van der Waals surface area (Å²) >= 11 is 5.27. The third-order valence-electron chi connectivity index (χ3n) is 2.63. The Bertz CT molecular complexity index is 602. The summed E-state index contributed by atoms with van der Waals surface area (Å²) in [4.78, 5) is 3.04. The first kappa shape index (κ1) is 11.3. The number of halogens is 1. The fourth-order valence-corrected chi connectivity index (χ4v) is 2.38. The van der Waals surface area contributed by atoms with Gasteiger partial charge >= 0.3 is 0 Å². The van der Waals surface area contributed by atoms with Gasteiger partial charge in [-0.3, -0.25) is 0 Å². The lowest BCUT2D eigenvalue weighted by Crippen LogP contribution is -2.21. The van der Waals surface area contributed by atoms with Crippen molar-refractivity contribution in [1.29, 1.82) is 0 Å². The maximum atomic E-state index is 13.4. The molecule has 4 heteroatoms. The second-order valence-corrected chi connectivity index (χ2v) is 5.44. The first-order chi connectivity index (χ1) is 7.30. The molecule has 0 atom stereocenters. The first-order valence-corrected chi connectivity index (χ1v) is 5.63. The van der Waals surface area contributed by atoms with Gasteiger partial charge < -0.3 is 9.55 Å². The molecule has 0 fully saturated rings. The van der Waals surface area contributed by atoms with E-state index >= 15 is 0 Å². The number of aromatic amines is 1. The topological polar surface area (TPSA) is 20.7 Å². The molecule has 1 N–H and O–H groups in total. The molecular formula is C12H15FN2S. The maximum Gasteiger partial charge on any atom is 0.178 e. The molecule has 86 valence electrons. The Hall–Kier alpha value is -1.16. The normalized spacial score (nSPS) is 12.3. The summed E-state index contributed by atoms with van der Waals surface area (Å²) < 4.78 is 16.1. The molecule has 0 unspecified atom stereocenters. The molecule has 0 bridgehead atoms. The molecule has 1 aromatic carbocycles. The van der Waals surface area contributed by atoms with E-state index in [2.05, 4.69) is 25.8 Å². The molecule has 0 aliphatic heterocycles. The van der Waals surface area contributed by atoms with Crippen molar-refractivity contribution in [3.05, 3.63) is 28.3 Å². The van der Waals surface area contributed by atoms with Crippen LogP contribution in [0.2, 0.25) is 0 Å². The van der Waals surface area contributed by atoms with Gasteiger partial charge in [0, 0.05) is 5.54 Å². The molecule has 0 aliphatic rings. The van der Waals surface area contributed by atoms with Crippen molar-refractivity contribution in [3.8, 4) is 0 Å². The number of nitrogens with one attached hydrogen (secondary N) is 1. The van der Waals surface area contributed by atoms with Gasteiger partial charge in [0.05, 0.1) is 11.0 Å². The second-order valence-electron chi connectivity index (χ2n) is 5.05. The van der Waals surface area contributed by atoms with Crippen LogP contribution in [0.3, 0.4) is 0 Å². The Morgan fingerprint density at radius 3 is 2.50 bits per heavy atom. The SMILES string of the molecule is Cc1cc2c(cc1F)[nH]c(=S)n2C(C)(C)C. The molecule has 16 heavy (non-hydrogen) atoms. The highest BCUT2D eigenvalue weighted by Gasteiger charge is 2.18.